The fourth-order valence-electron chi connectivity index (χ4n) is 3.03. The van der Waals surface area contributed by atoms with Crippen molar-refractivity contribution in [2.45, 2.75) is 45.3 Å². The molecule has 0 spiro atoms. The van der Waals surface area contributed by atoms with Crippen LogP contribution in [0.5, 0.6) is 5.75 Å². The van der Waals surface area contributed by atoms with Gasteiger partial charge in [0.2, 0.25) is 5.91 Å². The highest BCUT2D eigenvalue weighted by atomic mass is 16.5. The van der Waals surface area contributed by atoms with E-state index >= 15 is 0 Å². The lowest BCUT2D eigenvalue weighted by atomic mass is 9.89. The van der Waals surface area contributed by atoms with Gasteiger partial charge in [-0.15, -0.1) is 0 Å². The number of nitrogens with one attached hydrogen (secondary N) is 1. The lowest BCUT2D eigenvalue weighted by molar-refractivity contribution is -0.121. The molecule has 1 aliphatic heterocycles. The van der Waals surface area contributed by atoms with Gasteiger partial charge in [-0.2, -0.15) is 0 Å². The van der Waals surface area contributed by atoms with Crippen molar-refractivity contribution in [1.29, 1.82) is 0 Å². The fraction of sp³-hybridized carbons (Fsp3) is 0.368. The Balaban J connectivity index is 1.79. The van der Waals surface area contributed by atoms with Crippen LogP contribution in [0.4, 0.5) is 0 Å². The summed E-state index contributed by atoms with van der Waals surface area (Å²) in [4.78, 5) is 16.4. The molecular weight excluding hydrogens is 288 g/mol. The number of carbonyl (C=O) groups excluding carboxylic acids is 1. The van der Waals surface area contributed by atoms with E-state index in [9.17, 15) is 4.79 Å². The molecule has 1 aliphatic rings. The van der Waals surface area contributed by atoms with E-state index in [0.717, 1.165) is 23.3 Å². The van der Waals surface area contributed by atoms with Crippen molar-refractivity contribution < 1.29 is 9.53 Å². The third-order valence-corrected chi connectivity index (χ3v) is 4.07. The third-order valence-electron chi connectivity index (χ3n) is 4.07. The van der Waals surface area contributed by atoms with Crippen molar-refractivity contribution in [3.63, 3.8) is 0 Å². The lowest BCUT2D eigenvalue weighted by Crippen LogP contribution is -2.41. The second-order valence-corrected chi connectivity index (χ2v) is 6.76. The van der Waals surface area contributed by atoms with Gasteiger partial charge in [0.15, 0.2) is 0 Å². The van der Waals surface area contributed by atoms with Gasteiger partial charge in [0.05, 0.1) is 12.5 Å². The number of fused-ring (bicyclic) bond motifs is 1. The maximum Gasteiger partial charge on any atom is 0.224 e. The highest BCUT2D eigenvalue weighted by Gasteiger charge is 2.34. The van der Waals surface area contributed by atoms with E-state index in [1.165, 1.54) is 5.56 Å². The molecule has 1 amide bonds. The van der Waals surface area contributed by atoms with Gasteiger partial charge in [-0.1, -0.05) is 17.7 Å². The maximum atomic E-state index is 12.4. The van der Waals surface area contributed by atoms with Crippen LogP contribution in [0.1, 0.15) is 43.0 Å². The summed E-state index contributed by atoms with van der Waals surface area (Å²) in [5, 5.41) is 3.17. The predicted molar refractivity (Wildman–Crippen MR) is 89.3 cm³/mol. The number of aryl methyl sites for hydroxylation is 1. The Kier molecular flexibility index (Phi) is 4.07. The molecule has 120 valence electrons. The molecule has 1 N–H and O–H groups in total. The van der Waals surface area contributed by atoms with Crippen LogP contribution in [0.2, 0.25) is 0 Å². The number of amides is 1. The van der Waals surface area contributed by atoms with Gasteiger partial charge in [-0.25, -0.2) is 0 Å². The molecule has 2 heterocycles. The zero-order valence-electron chi connectivity index (χ0n) is 13.8. The molecule has 0 bridgehead atoms. The largest absolute Gasteiger partial charge is 0.487 e. The Bertz CT molecular complexity index is 711. The van der Waals surface area contributed by atoms with E-state index in [1.54, 1.807) is 12.4 Å². The second kappa shape index (κ2) is 6.03. The number of nitrogens with zero attached hydrogens (tertiary/aromatic N) is 1. The van der Waals surface area contributed by atoms with E-state index in [4.69, 9.17) is 4.74 Å². The fourth-order valence-corrected chi connectivity index (χ4v) is 3.03. The first-order valence-corrected chi connectivity index (χ1v) is 7.91. The number of hydrogen-bond acceptors (Lipinski definition) is 3. The number of rotatable bonds is 3. The predicted octanol–water partition coefficient (Wildman–Crippen LogP) is 3.35. The molecule has 23 heavy (non-hydrogen) atoms. The first kappa shape index (κ1) is 15.5. The zero-order chi connectivity index (χ0) is 16.4. The standard InChI is InChI=1S/C19H22N2O2/c1-13-4-5-17-15(10-13)16(12-19(2,3)23-17)21-18(22)11-14-6-8-20-9-7-14/h4-10,16H,11-12H2,1-3H3,(H,21,22)/t16-/m1/s1. The summed E-state index contributed by atoms with van der Waals surface area (Å²) in [5.41, 5.74) is 2.90. The summed E-state index contributed by atoms with van der Waals surface area (Å²) in [6.07, 6.45) is 4.53. The normalized spacial score (nSPS) is 18.7. The molecule has 1 aromatic carbocycles. The molecule has 0 fully saturated rings. The average Bonchev–Trinajstić information content (AvgIpc) is 2.48. The van der Waals surface area contributed by atoms with Gasteiger partial charge < -0.3 is 10.1 Å². The van der Waals surface area contributed by atoms with Crippen molar-refractivity contribution in [2.24, 2.45) is 0 Å². The van der Waals surface area contributed by atoms with E-state index < -0.39 is 0 Å². The Labute approximate surface area is 136 Å². The van der Waals surface area contributed by atoms with E-state index in [-0.39, 0.29) is 17.6 Å². The van der Waals surface area contributed by atoms with Crippen molar-refractivity contribution in [3.05, 3.63) is 59.4 Å². The van der Waals surface area contributed by atoms with E-state index in [2.05, 4.69) is 37.1 Å². The topological polar surface area (TPSA) is 51.2 Å². The lowest BCUT2D eigenvalue weighted by Gasteiger charge is -2.38. The van der Waals surface area contributed by atoms with Gasteiger partial charge in [0.1, 0.15) is 11.4 Å². The maximum absolute atomic E-state index is 12.4. The van der Waals surface area contributed by atoms with Gasteiger partial charge in [0, 0.05) is 24.4 Å². The third kappa shape index (κ3) is 3.70. The van der Waals surface area contributed by atoms with Gasteiger partial charge in [-0.05, 0) is 44.5 Å². The molecule has 1 atom stereocenters. The monoisotopic (exact) mass is 310 g/mol. The minimum Gasteiger partial charge on any atom is -0.487 e. The number of hydrogen-bond donors (Lipinski definition) is 1. The second-order valence-electron chi connectivity index (χ2n) is 6.76. The Morgan fingerprint density at radius 2 is 2.04 bits per heavy atom. The molecule has 0 aliphatic carbocycles. The molecule has 0 unspecified atom stereocenters. The summed E-state index contributed by atoms with van der Waals surface area (Å²) in [6, 6.07) is 9.84. The van der Waals surface area contributed by atoms with Crippen LogP contribution >= 0.6 is 0 Å². The Morgan fingerprint density at radius 3 is 2.78 bits per heavy atom. The summed E-state index contributed by atoms with van der Waals surface area (Å²) >= 11 is 0. The van der Waals surface area contributed by atoms with Gasteiger partial charge in [-0.3, -0.25) is 9.78 Å². The molecular formula is C19H22N2O2. The van der Waals surface area contributed by atoms with E-state index in [1.807, 2.05) is 24.3 Å². The van der Waals surface area contributed by atoms with Crippen LogP contribution in [0.15, 0.2) is 42.7 Å². The van der Waals surface area contributed by atoms with Crippen LogP contribution in [-0.4, -0.2) is 16.5 Å². The van der Waals surface area contributed by atoms with Crippen LogP contribution in [0, 0.1) is 6.92 Å². The number of pyridine rings is 1. The minimum atomic E-state index is -0.295. The number of benzene rings is 1. The molecule has 0 saturated carbocycles. The molecule has 3 rings (SSSR count). The smallest absolute Gasteiger partial charge is 0.224 e. The summed E-state index contributed by atoms with van der Waals surface area (Å²) in [7, 11) is 0. The quantitative estimate of drug-likeness (QED) is 0.946. The van der Waals surface area contributed by atoms with Crippen LogP contribution < -0.4 is 10.1 Å². The highest BCUT2D eigenvalue weighted by Crippen LogP contribution is 2.39. The molecule has 1 aromatic heterocycles. The number of carbonyl (C=O) groups is 1. The van der Waals surface area contributed by atoms with Crippen molar-refractivity contribution in [1.82, 2.24) is 10.3 Å². The van der Waals surface area contributed by atoms with Crippen LogP contribution in [0.25, 0.3) is 0 Å². The first-order valence-electron chi connectivity index (χ1n) is 7.91. The van der Waals surface area contributed by atoms with Crippen molar-refractivity contribution in [2.75, 3.05) is 0 Å². The highest BCUT2D eigenvalue weighted by molar-refractivity contribution is 5.79. The molecule has 4 heteroatoms. The summed E-state index contributed by atoms with van der Waals surface area (Å²) in [5.74, 6) is 0.882. The molecule has 0 radical (unpaired) electrons. The van der Waals surface area contributed by atoms with Crippen molar-refractivity contribution >= 4 is 5.91 Å². The number of ether oxygens (including phenoxy) is 1. The zero-order valence-corrected chi connectivity index (χ0v) is 13.8. The van der Waals surface area contributed by atoms with Gasteiger partial charge in [0.25, 0.3) is 0 Å². The van der Waals surface area contributed by atoms with Crippen LogP contribution in [-0.2, 0) is 11.2 Å². The molecule has 2 aromatic rings. The summed E-state index contributed by atoms with van der Waals surface area (Å²) < 4.78 is 6.04. The van der Waals surface area contributed by atoms with E-state index in [0.29, 0.717) is 6.42 Å². The van der Waals surface area contributed by atoms with Crippen LogP contribution in [0.3, 0.4) is 0 Å². The SMILES string of the molecule is Cc1ccc2c(c1)[C@H](NC(=O)Cc1ccncc1)CC(C)(C)O2. The summed E-state index contributed by atoms with van der Waals surface area (Å²) in [6.45, 7) is 6.16. The Hall–Kier alpha value is -2.36. The average molecular weight is 310 g/mol. The van der Waals surface area contributed by atoms with Gasteiger partial charge >= 0.3 is 0 Å². The molecule has 4 nitrogen and oxygen atoms in total. The molecule has 0 saturated heterocycles. The minimum absolute atomic E-state index is 0.0198. The first-order chi connectivity index (χ1) is 10.9. The van der Waals surface area contributed by atoms with Crippen molar-refractivity contribution in [3.8, 4) is 5.75 Å². The Morgan fingerprint density at radius 1 is 1.30 bits per heavy atom. The number of aromatic nitrogens is 1.